The maximum absolute atomic E-state index is 14.7. The van der Waals surface area contributed by atoms with Crippen LogP contribution in [0.4, 0.5) is 39.5 Å². The topological polar surface area (TPSA) is 170 Å². The van der Waals surface area contributed by atoms with E-state index in [-0.39, 0.29) is 45.6 Å². The van der Waals surface area contributed by atoms with Gasteiger partial charge in [-0.1, -0.05) is 6.07 Å². The Morgan fingerprint density at radius 2 is 1.77 bits per heavy atom. The summed E-state index contributed by atoms with van der Waals surface area (Å²) in [4.78, 5) is 48.7. The van der Waals surface area contributed by atoms with Gasteiger partial charge in [0.05, 0.1) is 36.1 Å². The molecule has 0 radical (unpaired) electrons. The number of hydrogen-bond acceptors (Lipinski definition) is 11. The zero-order valence-electron chi connectivity index (χ0n) is 28.8. The molecule has 1 aliphatic rings. The van der Waals surface area contributed by atoms with Crippen molar-refractivity contribution in [3.63, 3.8) is 0 Å². The van der Waals surface area contributed by atoms with Gasteiger partial charge in [0.2, 0.25) is 5.91 Å². The number of likely N-dealkylation sites (tertiary alicyclic amines) is 1. The van der Waals surface area contributed by atoms with Crippen molar-refractivity contribution < 1.29 is 54.7 Å². The molecular formula is C35H35F4N5O8S. The maximum Gasteiger partial charge on any atom is 0.493 e. The minimum atomic E-state index is -5.50. The summed E-state index contributed by atoms with van der Waals surface area (Å²) in [6.45, 7) is 2.95. The van der Waals surface area contributed by atoms with E-state index in [2.05, 4.69) is 19.9 Å². The van der Waals surface area contributed by atoms with Crippen molar-refractivity contribution in [3.8, 4) is 5.75 Å². The molecule has 2 amide bonds. The maximum atomic E-state index is 14.7. The van der Waals surface area contributed by atoms with Gasteiger partial charge in [0, 0.05) is 23.8 Å². The van der Waals surface area contributed by atoms with Gasteiger partial charge in [0.25, 0.3) is 0 Å². The van der Waals surface area contributed by atoms with E-state index in [1.165, 1.54) is 44.2 Å². The Labute approximate surface area is 301 Å². The van der Waals surface area contributed by atoms with E-state index in [0.29, 0.717) is 22.9 Å². The molecule has 1 aromatic heterocycles. The zero-order valence-corrected chi connectivity index (χ0v) is 29.6. The van der Waals surface area contributed by atoms with Crippen LogP contribution in [0.1, 0.15) is 49.9 Å². The Morgan fingerprint density at radius 3 is 2.43 bits per heavy atom. The second-order valence-electron chi connectivity index (χ2n) is 12.2. The fourth-order valence-corrected chi connectivity index (χ4v) is 7.26. The van der Waals surface area contributed by atoms with Gasteiger partial charge in [0.1, 0.15) is 11.9 Å². The van der Waals surface area contributed by atoms with Gasteiger partial charge in [-0.2, -0.15) is 13.2 Å². The number of halogens is 4. The Balaban J connectivity index is 1.63. The standard InChI is InChI=1S/C35H35F4N5O8S/c1-19(2)53(48,49)29-12-9-23(44(34(47)51-4)52-33(46)35(37,38)39)18-25(29)27-6-5-15-43(27)32(45)30(21-7-11-26(36)28(17-21)50-3)42-22-8-10-24-20(16-22)13-14-41-31(24)40/h7-14,16-19,27,30,42H,5-6,15H2,1-4H3,(H2,40,41)/t27-,30+/m1/s1. The monoisotopic (exact) mass is 761 g/mol. The predicted molar refractivity (Wildman–Crippen MR) is 185 cm³/mol. The van der Waals surface area contributed by atoms with Gasteiger partial charge in [-0.05, 0) is 97.8 Å². The number of pyridine rings is 1. The molecule has 2 heterocycles. The second kappa shape index (κ2) is 15.1. The van der Waals surface area contributed by atoms with E-state index in [0.717, 1.165) is 31.4 Å². The highest BCUT2D eigenvalue weighted by molar-refractivity contribution is 7.92. The highest BCUT2D eigenvalue weighted by Crippen LogP contribution is 2.41. The van der Waals surface area contributed by atoms with E-state index in [1.807, 2.05) is 0 Å². The largest absolute Gasteiger partial charge is 0.494 e. The molecule has 0 bridgehead atoms. The van der Waals surface area contributed by atoms with Crippen LogP contribution in [0.25, 0.3) is 10.8 Å². The van der Waals surface area contributed by atoms with Gasteiger partial charge in [-0.15, -0.1) is 5.06 Å². The van der Waals surface area contributed by atoms with Crippen molar-refractivity contribution in [2.45, 2.75) is 55.1 Å². The van der Waals surface area contributed by atoms with Gasteiger partial charge in [0.15, 0.2) is 21.4 Å². The number of benzene rings is 3. The Morgan fingerprint density at radius 1 is 1.04 bits per heavy atom. The lowest BCUT2D eigenvalue weighted by Crippen LogP contribution is -2.39. The number of nitrogen functional groups attached to an aromatic ring is 1. The predicted octanol–water partition coefficient (Wildman–Crippen LogP) is 6.26. The van der Waals surface area contributed by atoms with E-state index in [9.17, 15) is 40.4 Å². The molecule has 0 aliphatic carbocycles. The number of sulfone groups is 1. The summed E-state index contributed by atoms with van der Waals surface area (Å²) < 4.78 is 91.2. The number of nitrogens with zero attached hydrogens (tertiary/aromatic N) is 3. The number of methoxy groups -OCH3 is 2. The summed E-state index contributed by atoms with van der Waals surface area (Å²) in [6, 6.07) is 11.6. The normalized spacial score (nSPS) is 15.3. The Bertz CT molecular complexity index is 2170. The van der Waals surface area contributed by atoms with E-state index < -0.39 is 62.8 Å². The van der Waals surface area contributed by atoms with Crippen molar-refractivity contribution in [1.29, 1.82) is 0 Å². The summed E-state index contributed by atoms with van der Waals surface area (Å²) in [5.74, 6) is -3.86. The number of alkyl halides is 3. The van der Waals surface area contributed by atoms with Crippen LogP contribution in [-0.4, -0.2) is 68.5 Å². The van der Waals surface area contributed by atoms with Crippen LogP contribution >= 0.6 is 0 Å². The SMILES string of the molecule is COC(=O)N(OC(=O)C(F)(F)F)c1ccc(S(=O)(=O)C(C)C)c([C@H]2CCCN2C(=O)[C@@H](Nc2ccc3c(N)nccc3c2)c2ccc(F)c(OC)c2)c1. The molecule has 1 fully saturated rings. The lowest BCUT2D eigenvalue weighted by atomic mass is 10.0. The fourth-order valence-electron chi connectivity index (χ4n) is 5.97. The highest BCUT2D eigenvalue weighted by atomic mass is 32.2. The van der Waals surface area contributed by atoms with Gasteiger partial charge >= 0.3 is 18.2 Å². The summed E-state index contributed by atoms with van der Waals surface area (Å²) in [7, 11) is -2.02. The number of fused-ring (bicyclic) bond motifs is 1. The minimum absolute atomic E-state index is 0.0522. The molecule has 53 heavy (non-hydrogen) atoms. The first kappa shape index (κ1) is 38.6. The lowest BCUT2D eigenvalue weighted by Gasteiger charge is -2.32. The summed E-state index contributed by atoms with van der Waals surface area (Å²) in [6.07, 6.45) is -4.93. The van der Waals surface area contributed by atoms with Gasteiger partial charge in [-0.25, -0.2) is 27.4 Å². The molecule has 18 heteroatoms. The number of amides is 2. The third-order valence-electron chi connectivity index (χ3n) is 8.66. The number of hydrogen-bond donors (Lipinski definition) is 2. The zero-order chi connectivity index (χ0) is 38.8. The molecule has 0 spiro atoms. The highest BCUT2D eigenvalue weighted by Gasteiger charge is 2.45. The van der Waals surface area contributed by atoms with Crippen LogP contribution in [0.2, 0.25) is 0 Å². The summed E-state index contributed by atoms with van der Waals surface area (Å²) in [5.41, 5.74) is 6.23. The number of nitrogens with one attached hydrogen (secondary N) is 1. The van der Waals surface area contributed by atoms with Crippen LogP contribution in [-0.2, 0) is 29.0 Å². The third-order valence-corrected chi connectivity index (χ3v) is 10.9. The van der Waals surface area contributed by atoms with Crippen LogP contribution in [0.5, 0.6) is 5.75 Å². The van der Waals surface area contributed by atoms with Gasteiger partial charge in [-0.3, -0.25) is 4.79 Å². The molecule has 0 unspecified atom stereocenters. The van der Waals surface area contributed by atoms with Crippen LogP contribution < -0.4 is 20.9 Å². The van der Waals surface area contributed by atoms with Crippen molar-refractivity contribution in [1.82, 2.24) is 9.88 Å². The fraction of sp³-hybridized carbons (Fsp3) is 0.314. The summed E-state index contributed by atoms with van der Waals surface area (Å²) in [5, 5.41) is 3.52. The van der Waals surface area contributed by atoms with Gasteiger partial charge < -0.3 is 30.3 Å². The summed E-state index contributed by atoms with van der Waals surface area (Å²) >= 11 is 0. The quantitative estimate of drug-likeness (QED) is 0.146. The Hall–Kier alpha value is -5.65. The number of aromatic nitrogens is 1. The first-order valence-electron chi connectivity index (χ1n) is 16.1. The van der Waals surface area contributed by atoms with Crippen LogP contribution in [0.3, 0.4) is 0 Å². The molecule has 282 valence electrons. The number of ether oxygens (including phenoxy) is 2. The molecule has 4 aromatic rings. The smallest absolute Gasteiger partial charge is 0.493 e. The first-order chi connectivity index (χ1) is 25.0. The minimum Gasteiger partial charge on any atom is -0.494 e. The number of carbonyl (C=O) groups excluding carboxylic acids is 3. The van der Waals surface area contributed by atoms with E-state index >= 15 is 0 Å². The molecule has 5 rings (SSSR count). The molecule has 13 nitrogen and oxygen atoms in total. The van der Waals surface area contributed by atoms with Crippen LogP contribution in [0.15, 0.2) is 71.8 Å². The van der Waals surface area contributed by atoms with Crippen molar-refractivity contribution in [2.24, 2.45) is 0 Å². The first-order valence-corrected chi connectivity index (χ1v) is 17.6. The third kappa shape index (κ3) is 7.91. The van der Waals surface area contributed by atoms with E-state index in [1.54, 1.807) is 24.3 Å². The van der Waals surface area contributed by atoms with Crippen molar-refractivity contribution in [3.05, 3.63) is 83.8 Å². The molecule has 0 saturated carbocycles. The number of carbonyl (C=O) groups is 3. The molecule has 1 aliphatic heterocycles. The average Bonchev–Trinajstić information content (AvgIpc) is 3.62. The number of hydroxylamine groups is 1. The van der Waals surface area contributed by atoms with Crippen LogP contribution in [0, 0.1) is 5.82 Å². The second-order valence-corrected chi connectivity index (χ2v) is 14.7. The van der Waals surface area contributed by atoms with Crippen molar-refractivity contribution >= 4 is 55.8 Å². The molecule has 1 saturated heterocycles. The Kier molecular flexibility index (Phi) is 11.0. The lowest BCUT2D eigenvalue weighted by molar-refractivity contribution is -0.200. The molecule has 3 aromatic carbocycles. The molecular weight excluding hydrogens is 726 g/mol. The number of rotatable bonds is 9. The average molecular weight is 762 g/mol. The number of nitrogens with two attached hydrogens (primary N) is 1. The van der Waals surface area contributed by atoms with E-state index in [4.69, 9.17) is 10.5 Å². The molecule has 2 atom stereocenters. The number of anilines is 3. The molecule has 3 N–H and O–H groups in total. The van der Waals surface area contributed by atoms with Crippen molar-refractivity contribution in [2.75, 3.05) is 36.9 Å².